The van der Waals surface area contributed by atoms with E-state index < -0.39 is 23.6 Å². The highest BCUT2D eigenvalue weighted by molar-refractivity contribution is 6.46. The Hall–Kier alpha value is -3.85. The minimum Gasteiger partial charge on any atom is -0.507 e. The number of aliphatic hydroxyl groups excluding tert-OH is 1. The van der Waals surface area contributed by atoms with E-state index in [9.17, 15) is 19.5 Å². The van der Waals surface area contributed by atoms with E-state index in [0.717, 1.165) is 0 Å². The first kappa shape index (κ1) is 24.8. The Labute approximate surface area is 198 Å². The van der Waals surface area contributed by atoms with Crippen molar-refractivity contribution in [1.82, 2.24) is 9.80 Å². The second kappa shape index (κ2) is 10.8. The van der Waals surface area contributed by atoms with Crippen molar-refractivity contribution >= 4 is 23.4 Å². The molecule has 9 heteroatoms. The molecule has 9 nitrogen and oxygen atoms in total. The second-order valence-electron chi connectivity index (χ2n) is 8.08. The van der Waals surface area contributed by atoms with E-state index in [1.807, 2.05) is 25.9 Å². The molecule has 1 atom stereocenters. The summed E-state index contributed by atoms with van der Waals surface area (Å²) in [6, 6.07) is 12.5. The van der Waals surface area contributed by atoms with Gasteiger partial charge >= 0.3 is 0 Å². The van der Waals surface area contributed by atoms with Gasteiger partial charge in [-0.05, 0) is 63.0 Å². The standard InChI is InChI=1S/C25H29N3O6/c1-4-33-18-11-7-17(8-12-18)23(30)21-22(28(14-13-27(2)3)25(32)24(21)31)16-5-9-19(10-6-16)34-15-20(26)29/h5-12,22,30H,4,13-15H2,1-3H3,(H2,26,29). The number of ether oxygens (including phenoxy) is 2. The van der Waals surface area contributed by atoms with Gasteiger partial charge in [-0.1, -0.05) is 12.1 Å². The number of primary amides is 1. The topological polar surface area (TPSA) is 122 Å². The maximum Gasteiger partial charge on any atom is 0.295 e. The number of nitrogens with two attached hydrogens (primary N) is 1. The van der Waals surface area contributed by atoms with Crippen LogP contribution in [0.5, 0.6) is 11.5 Å². The molecule has 2 amide bonds. The fraction of sp³-hybridized carbons (Fsp3) is 0.320. The molecule has 2 aromatic carbocycles. The lowest BCUT2D eigenvalue weighted by atomic mass is 9.95. The lowest BCUT2D eigenvalue weighted by molar-refractivity contribution is -0.140. The number of carbonyl (C=O) groups excluding carboxylic acids is 3. The van der Waals surface area contributed by atoms with Crippen molar-refractivity contribution in [2.24, 2.45) is 5.73 Å². The smallest absolute Gasteiger partial charge is 0.295 e. The number of ketones is 1. The van der Waals surface area contributed by atoms with Crippen molar-refractivity contribution in [2.45, 2.75) is 13.0 Å². The van der Waals surface area contributed by atoms with E-state index in [0.29, 0.717) is 42.3 Å². The largest absolute Gasteiger partial charge is 0.507 e. The van der Waals surface area contributed by atoms with E-state index in [-0.39, 0.29) is 17.9 Å². The maximum atomic E-state index is 13.0. The molecule has 1 fully saturated rings. The first-order chi connectivity index (χ1) is 16.2. The van der Waals surface area contributed by atoms with Crippen LogP contribution in [0.25, 0.3) is 5.76 Å². The number of aliphatic hydroxyl groups is 1. The number of nitrogens with zero attached hydrogens (tertiary/aromatic N) is 2. The van der Waals surface area contributed by atoms with E-state index in [1.54, 1.807) is 48.5 Å². The summed E-state index contributed by atoms with van der Waals surface area (Å²) >= 11 is 0. The summed E-state index contributed by atoms with van der Waals surface area (Å²) in [5.74, 6) is -1.23. The number of amides is 2. The van der Waals surface area contributed by atoms with Crippen LogP contribution < -0.4 is 15.2 Å². The van der Waals surface area contributed by atoms with Gasteiger partial charge in [0.15, 0.2) is 6.61 Å². The van der Waals surface area contributed by atoms with Gasteiger partial charge in [-0.3, -0.25) is 14.4 Å². The van der Waals surface area contributed by atoms with E-state index >= 15 is 0 Å². The van der Waals surface area contributed by atoms with E-state index in [2.05, 4.69) is 0 Å². The number of hydrogen-bond acceptors (Lipinski definition) is 7. The molecule has 180 valence electrons. The van der Waals surface area contributed by atoms with E-state index in [1.165, 1.54) is 4.90 Å². The van der Waals surface area contributed by atoms with Gasteiger partial charge in [-0.15, -0.1) is 0 Å². The average Bonchev–Trinajstić information content (AvgIpc) is 3.06. The van der Waals surface area contributed by atoms with Crippen molar-refractivity contribution in [3.8, 4) is 11.5 Å². The van der Waals surface area contributed by atoms with Crippen molar-refractivity contribution in [2.75, 3.05) is 40.4 Å². The van der Waals surface area contributed by atoms with Gasteiger partial charge in [-0.25, -0.2) is 0 Å². The molecule has 2 aromatic rings. The summed E-state index contributed by atoms with van der Waals surface area (Å²) in [5, 5.41) is 11.1. The van der Waals surface area contributed by atoms with Gasteiger partial charge in [-0.2, -0.15) is 0 Å². The van der Waals surface area contributed by atoms with Crippen LogP contribution in [0, 0.1) is 0 Å². The molecule has 0 aliphatic carbocycles. The van der Waals surface area contributed by atoms with Gasteiger partial charge < -0.3 is 30.1 Å². The van der Waals surface area contributed by atoms with Gasteiger partial charge in [0, 0.05) is 18.7 Å². The molecule has 1 aliphatic rings. The number of carbonyl (C=O) groups is 3. The predicted octanol–water partition coefficient (Wildman–Crippen LogP) is 1.93. The molecule has 0 bridgehead atoms. The Morgan fingerprint density at radius 3 is 2.18 bits per heavy atom. The zero-order valence-corrected chi connectivity index (χ0v) is 19.5. The van der Waals surface area contributed by atoms with Crippen LogP contribution in [-0.4, -0.2) is 72.9 Å². The van der Waals surface area contributed by atoms with Crippen LogP contribution in [0.15, 0.2) is 54.1 Å². The first-order valence-electron chi connectivity index (χ1n) is 10.9. The Balaban J connectivity index is 2.03. The summed E-state index contributed by atoms with van der Waals surface area (Å²) in [5.41, 5.74) is 6.16. The molecule has 1 unspecified atom stereocenters. The predicted molar refractivity (Wildman–Crippen MR) is 126 cm³/mol. The van der Waals surface area contributed by atoms with Crippen LogP contribution in [0.4, 0.5) is 0 Å². The van der Waals surface area contributed by atoms with Crippen LogP contribution in [0.1, 0.15) is 24.1 Å². The average molecular weight is 468 g/mol. The number of Topliss-reactive ketones (excluding diaryl/α,β-unsaturated/α-hetero) is 1. The van der Waals surface area contributed by atoms with Crippen molar-refractivity contribution in [3.05, 3.63) is 65.2 Å². The summed E-state index contributed by atoms with van der Waals surface area (Å²) < 4.78 is 10.7. The quantitative estimate of drug-likeness (QED) is 0.311. The van der Waals surface area contributed by atoms with Crippen LogP contribution in [0.3, 0.4) is 0 Å². The fourth-order valence-corrected chi connectivity index (χ4v) is 3.70. The number of benzene rings is 2. The number of hydrogen-bond donors (Lipinski definition) is 2. The molecule has 0 aromatic heterocycles. The Kier molecular flexibility index (Phi) is 7.91. The molecule has 0 saturated carbocycles. The third-order valence-corrected chi connectivity index (χ3v) is 5.34. The summed E-state index contributed by atoms with van der Waals surface area (Å²) in [4.78, 5) is 40.3. The molecular formula is C25H29N3O6. The fourth-order valence-electron chi connectivity index (χ4n) is 3.70. The highest BCUT2D eigenvalue weighted by atomic mass is 16.5. The van der Waals surface area contributed by atoms with Gasteiger partial charge in [0.1, 0.15) is 17.3 Å². The van der Waals surface area contributed by atoms with Crippen molar-refractivity contribution in [3.63, 3.8) is 0 Å². The highest BCUT2D eigenvalue weighted by Gasteiger charge is 2.45. The third-order valence-electron chi connectivity index (χ3n) is 5.34. The van der Waals surface area contributed by atoms with Crippen molar-refractivity contribution in [1.29, 1.82) is 0 Å². The molecule has 34 heavy (non-hydrogen) atoms. The SMILES string of the molecule is CCOc1ccc(C(O)=C2C(=O)C(=O)N(CCN(C)C)C2c2ccc(OCC(N)=O)cc2)cc1. The zero-order valence-electron chi connectivity index (χ0n) is 19.5. The molecular weight excluding hydrogens is 438 g/mol. The third kappa shape index (κ3) is 5.55. The van der Waals surface area contributed by atoms with Gasteiger partial charge in [0.2, 0.25) is 0 Å². The maximum absolute atomic E-state index is 13.0. The van der Waals surface area contributed by atoms with Gasteiger partial charge in [0.25, 0.3) is 17.6 Å². The molecule has 1 saturated heterocycles. The Morgan fingerprint density at radius 1 is 1.03 bits per heavy atom. The molecule has 1 aliphatic heterocycles. The number of likely N-dealkylation sites (tertiary alicyclic amines) is 1. The normalized spacial score (nSPS) is 17.3. The van der Waals surface area contributed by atoms with Crippen LogP contribution in [-0.2, 0) is 14.4 Å². The first-order valence-corrected chi connectivity index (χ1v) is 10.9. The summed E-state index contributed by atoms with van der Waals surface area (Å²) in [6.07, 6.45) is 0. The van der Waals surface area contributed by atoms with Crippen LogP contribution >= 0.6 is 0 Å². The lowest BCUT2D eigenvalue weighted by Crippen LogP contribution is -2.35. The highest BCUT2D eigenvalue weighted by Crippen LogP contribution is 2.39. The van der Waals surface area contributed by atoms with E-state index in [4.69, 9.17) is 15.2 Å². The number of rotatable bonds is 10. The second-order valence-corrected chi connectivity index (χ2v) is 8.08. The van der Waals surface area contributed by atoms with Crippen LogP contribution in [0.2, 0.25) is 0 Å². The Bertz CT molecular complexity index is 1080. The summed E-state index contributed by atoms with van der Waals surface area (Å²) in [6.45, 7) is 2.93. The molecule has 0 spiro atoms. The molecule has 1 heterocycles. The number of likely N-dealkylation sites (N-methyl/N-ethyl adjacent to an activating group) is 1. The Morgan fingerprint density at radius 2 is 1.62 bits per heavy atom. The molecule has 3 rings (SSSR count). The lowest BCUT2D eigenvalue weighted by Gasteiger charge is -2.26. The summed E-state index contributed by atoms with van der Waals surface area (Å²) in [7, 11) is 3.74. The van der Waals surface area contributed by atoms with Gasteiger partial charge in [0.05, 0.1) is 18.2 Å². The zero-order chi connectivity index (χ0) is 24.8. The molecule has 0 radical (unpaired) electrons. The van der Waals surface area contributed by atoms with Crippen molar-refractivity contribution < 1.29 is 29.0 Å². The monoisotopic (exact) mass is 467 g/mol. The minimum atomic E-state index is -0.781. The molecule has 3 N–H and O–H groups in total. The minimum absolute atomic E-state index is 0.0127.